The summed E-state index contributed by atoms with van der Waals surface area (Å²) in [7, 11) is 2.16. The van der Waals surface area contributed by atoms with Gasteiger partial charge in [0, 0.05) is 37.5 Å². The molecule has 1 atom stereocenters. The third kappa shape index (κ3) is 2.73. The number of thiophene rings is 1. The van der Waals surface area contributed by atoms with Gasteiger partial charge in [-0.25, -0.2) is 4.98 Å². The average Bonchev–Trinajstić information content (AvgIpc) is 3.29. The molecule has 3 aromatic rings. The fourth-order valence-corrected chi connectivity index (χ4v) is 5.19. The Kier molecular flexibility index (Phi) is 4.29. The van der Waals surface area contributed by atoms with Crippen LogP contribution in [-0.2, 0) is 6.42 Å². The molecule has 0 bridgehead atoms. The van der Waals surface area contributed by atoms with Crippen LogP contribution in [0.1, 0.15) is 28.5 Å². The van der Waals surface area contributed by atoms with E-state index in [1.165, 1.54) is 4.88 Å². The number of thiazole rings is 1. The quantitative estimate of drug-likeness (QED) is 0.772. The predicted octanol–water partition coefficient (Wildman–Crippen LogP) is 2.46. The van der Waals surface area contributed by atoms with E-state index < -0.39 is 0 Å². The molecular weight excluding hydrogens is 342 g/mol. The van der Waals surface area contributed by atoms with Crippen LogP contribution in [0.2, 0.25) is 0 Å². The van der Waals surface area contributed by atoms with E-state index in [9.17, 15) is 5.11 Å². The summed E-state index contributed by atoms with van der Waals surface area (Å²) in [6.45, 7) is 6.10. The van der Waals surface area contributed by atoms with Gasteiger partial charge in [0.05, 0.1) is 10.9 Å². The normalized spacial score (nSPS) is 18.4. The van der Waals surface area contributed by atoms with Gasteiger partial charge in [0.25, 0.3) is 0 Å². The van der Waals surface area contributed by atoms with E-state index in [1.54, 1.807) is 27.2 Å². The van der Waals surface area contributed by atoms with Crippen molar-refractivity contribution in [1.29, 1.82) is 0 Å². The number of piperazine rings is 1. The van der Waals surface area contributed by atoms with E-state index in [2.05, 4.69) is 44.4 Å². The molecule has 0 saturated carbocycles. The topological polar surface area (TPSA) is 56.9 Å². The van der Waals surface area contributed by atoms with Gasteiger partial charge < -0.3 is 10.0 Å². The number of aromatic nitrogens is 3. The molecule has 6 nitrogen and oxygen atoms in total. The van der Waals surface area contributed by atoms with Crippen molar-refractivity contribution in [3.63, 3.8) is 0 Å². The number of fused-ring (bicyclic) bond motifs is 1. The van der Waals surface area contributed by atoms with Crippen molar-refractivity contribution >= 4 is 27.6 Å². The van der Waals surface area contributed by atoms with Crippen LogP contribution in [0.5, 0.6) is 5.88 Å². The van der Waals surface area contributed by atoms with Crippen LogP contribution in [0.3, 0.4) is 0 Å². The Morgan fingerprint density at radius 2 is 2.08 bits per heavy atom. The highest BCUT2D eigenvalue weighted by atomic mass is 32.1. The summed E-state index contributed by atoms with van der Waals surface area (Å²) in [5.41, 5.74) is 0. The maximum absolute atomic E-state index is 10.8. The molecule has 128 valence electrons. The lowest BCUT2D eigenvalue weighted by atomic mass is 10.1. The summed E-state index contributed by atoms with van der Waals surface area (Å²) >= 11 is 3.29. The summed E-state index contributed by atoms with van der Waals surface area (Å²) in [4.78, 5) is 12.3. The zero-order valence-corrected chi connectivity index (χ0v) is 15.5. The van der Waals surface area contributed by atoms with E-state index in [0.29, 0.717) is 0 Å². The maximum atomic E-state index is 10.8. The van der Waals surface area contributed by atoms with E-state index in [0.717, 1.165) is 48.3 Å². The molecule has 4 heterocycles. The average molecular weight is 364 g/mol. The van der Waals surface area contributed by atoms with Gasteiger partial charge in [-0.2, -0.15) is 4.52 Å². The van der Waals surface area contributed by atoms with Gasteiger partial charge >= 0.3 is 0 Å². The molecule has 0 amide bonds. The minimum Gasteiger partial charge on any atom is -0.492 e. The maximum Gasteiger partial charge on any atom is 0.230 e. The molecule has 1 N–H and O–H groups in total. The Balaban J connectivity index is 1.76. The van der Waals surface area contributed by atoms with Gasteiger partial charge in [0.15, 0.2) is 5.82 Å². The SMILES string of the molecule is CCc1nc2sc([C@H](c3cccs3)N3CCN(C)CC3)c(O)n2n1. The van der Waals surface area contributed by atoms with Gasteiger partial charge in [0.1, 0.15) is 0 Å². The summed E-state index contributed by atoms with van der Waals surface area (Å²) < 4.78 is 1.59. The fourth-order valence-electron chi connectivity index (χ4n) is 3.12. The lowest BCUT2D eigenvalue weighted by molar-refractivity contribution is 0.128. The van der Waals surface area contributed by atoms with Crippen molar-refractivity contribution in [2.45, 2.75) is 19.4 Å². The van der Waals surface area contributed by atoms with Crippen molar-refractivity contribution < 1.29 is 5.11 Å². The lowest BCUT2D eigenvalue weighted by Gasteiger charge is -2.37. The Labute approximate surface area is 149 Å². The van der Waals surface area contributed by atoms with Gasteiger partial charge in [-0.05, 0) is 18.5 Å². The minimum absolute atomic E-state index is 0.0808. The van der Waals surface area contributed by atoms with Crippen LogP contribution in [0.25, 0.3) is 4.96 Å². The van der Waals surface area contributed by atoms with Crippen molar-refractivity contribution in [3.8, 4) is 5.88 Å². The summed E-state index contributed by atoms with van der Waals surface area (Å²) in [6.07, 6.45) is 0.774. The van der Waals surface area contributed by atoms with E-state index in [1.807, 2.05) is 6.92 Å². The summed E-state index contributed by atoms with van der Waals surface area (Å²) in [5, 5.41) is 17.3. The van der Waals surface area contributed by atoms with Crippen LogP contribution in [-0.4, -0.2) is 62.7 Å². The van der Waals surface area contributed by atoms with Crippen LogP contribution in [0.15, 0.2) is 17.5 Å². The first-order valence-corrected chi connectivity index (χ1v) is 9.90. The molecule has 3 aromatic heterocycles. The van der Waals surface area contributed by atoms with Gasteiger partial charge in [0.2, 0.25) is 10.8 Å². The summed E-state index contributed by atoms with van der Waals surface area (Å²) in [6, 6.07) is 4.31. The zero-order valence-electron chi connectivity index (χ0n) is 13.8. The van der Waals surface area contributed by atoms with Gasteiger partial charge in [-0.3, -0.25) is 4.90 Å². The number of hydrogen-bond acceptors (Lipinski definition) is 7. The third-order valence-corrected chi connectivity index (χ3v) is 6.52. The second-order valence-corrected chi connectivity index (χ2v) is 8.11. The highest BCUT2D eigenvalue weighted by Crippen LogP contribution is 2.41. The number of nitrogens with zero attached hydrogens (tertiary/aromatic N) is 5. The van der Waals surface area contributed by atoms with Crippen LogP contribution >= 0.6 is 22.7 Å². The van der Waals surface area contributed by atoms with E-state index >= 15 is 0 Å². The largest absolute Gasteiger partial charge is 0.492 e. The molecule has 1 aliphatic heterocycles. The highest BCUT2D eigenvalue weighted by molar-refractivity contribution is 7.17. The molecular formula is C16H21N5OS2. The van der Waals surface area contributed by atoms with Crippen molar-refractivity contribution in [1.82, 2.24) is 24.4 Å². The first-order chi connectivity index (χ1) is 11.7. The van der Waals surface area contributed by atoms with E-state index in [-0.39, 0.29) is 11.9 Å². The van der Waals surface area contributed by atoms with Crippen molar-refractivity contribution in [2.75, 3.05) is 33.2 Å². The second-order valence-electron chi connectivity index (χ2n) is 6.12. The molecule has 4 rings (SSSR count). The molecule has 0 aromatic carbocycles. The lowest BCUT2D eigenvalue weighted by Crippen LogP contribution is -2.45. The fraction of sp³-hybridized carbons (Fsp3) is 0.500. The molecule has 24 heavy (non-hydrogen) atoms. The molecule has 0 radical (unpaired) electrons. The Hall–Kier alpha value is -1.48. The minimum atomic E-state index is 0.0808. The monoisotopic (exact) mass is 363 g/mol. The molecule has 1 aliphatic rings. The zero-order chi connectivity index (χ0) is 16.7. The molecule has 1 saturated heterocycles. The predicted molar refractivity (Wildman–Crippen MR) is 97.1 cm³/mol. The second kappa shape index (κ2) is 6.44. The van der Waals surface area contributed by atoms with E-state index in [4.69, 9.17) is 0 Å². The molecule has 8 heteroatoms. The van der Waals surface area contributed by atoms with Crippen LogP contribution in [0.4, 0.5) is 0 Å². The Bertz CT molecular complexity index is 817. The van der Waals surface area contributed by atoms with Gasteiger partial charge in [-0.15, -0.1) is 16.4 Å². The van der Waals surface area contributed by atoms with Crippen LogP contribution in [0, 0.1) is 0 Å². The first-order valence-electron chi connectivity index (χ1n) is 8.20. The molecule has 1 fully saturated rings. The highest BCUT2D eigenvalue weighted by Gasteiger charge is 2.31. The molecule has 0 unspecified atom stereocenters. The first kappa shape index (κ1) is 16.0. The molecule has 0 spiro atoms. The summed E-state index contributed by atoms with van der Waals surface area (Å²) in [5.74, 6) is 1.01. The van der Waals surface area contributed by atoms with Crippen molar-refractivity contribution in [2.24, 2.45) is 0 Å². The standard InChI is InChI=1S/C16H21N5OS2/c1-3-12-17-16-21(18-12)15(22)14(24-16)13(11-5-4-10-23-11)20-8-6-19(2)7-9-20/h4-5,10,13,22H,3,6-9H2,1-2H3/t13-/m0/s1. The number of rotatable bonds is 4. The Morgan fingerprint density at radius 1 is 1.29 bits per heavy atom. The Morgan fingerprint density at radius 3 is 2.71 bits per heavy atom. The van der Waals surface area contributed by atoms with Crippen LogP contribution < -0.4 is 0 Å². The third-order valence-electron chi connectivity index (χ3n) is 4.52. The smallest absolute Gasteiger partial charge is 0.230 e. The number of hydrogen-bond donors (Lipinski definition) is 1. The molecule has 0 aliphatic carbocycles. The number of aromatic hydroxyl groups is 1. The van der Waals surface area contributed by atoms with Gasteiger partial charge in [-0.1, -0.05) is 24.3 Å². The number of likely N-dealkylation sites (N-methyl/N-ethyl adjacent to an activating group) is 1. The van der Waals surface area contributed by atoms with Crippen molar-refractivity contribution in [3.05, 3.63) is 33.1 Å². The number of aryl methyl sites for hydroxylation is 1.